The Bertz CT molecular complexity index is 632. The normalized spacial score (nSPS) is 11.9. The van der Waals surface area contributed by atoms with E-state index in [1.807, 2.05) is 13.0 Å². The van der Waals surface area contributed by atoms with Gasteiger partial charge in [0, 0.05) is 18.0 Å². The Kier molecular flexibility index (Phi) is 4.24. The molecule has 0 bridgehead atoms. The number of rotatable bonds is 4. The van der Waals surface area contributed by atoms with E-state index in [-0.39, 0.29) is 22.3 Å². The molecule has 0 radical (unpaired) electrons. The Morgan fingerprint density at radius 3 is 2.65 bits per heavy atom. The number of nitrogens with two attached hydrogens (primary N) is 1. The van der Waals surface area contributed by atoms with Gasteiger partial charge >= 0.3 is 0 Å². The maximum absolute atomic E-state index is 13.9. The molecular weight excluding hydrogens is 280 g/mol. The first-order valence-electron chi connectivity index (χ1n) is 5.95. The van der Waals surface area contributed by atoms with Crippen molar-refractivity contribution in [2.24, 2.45) is 5.73 Å². The lowest BCUT2D eigenvalue weighted by atomic mass is 10.1. The van der Waals surface area contributed by atoms with Gasteiger partial charge in [0.05, 0.1) is 11.7 Å². The molecule has 3 N–H and O–H groups in total. The molecule has 0 aliphatic carbocycles. The van der Waals surface area contributed by atoms with E-state index < -0.39 is 11.6 Å². The third-order valence-corrected chi connectivity index (χ3v) is 3.12. The van der Waals surface area contributed by atoms with Crippen LogP contribution in [0.2, 0.25) is 0 Å². The zero-order valence-electron chi connectivity index (χ0n) is 10.7. The minimum atomic E-state index is -1.04. The maximum Gasteiger partial charge on any atom is 0.182 e. The fraction of sp³-hybridized carbons (Fsp3) is 0.143. The Hall–Kier alpha value is -2.08. The third-order valence-electron chi connectivity index (χ3n) is 2.90. The second-order valence-electron chi connectivity index (χ2n) is 4.31. The molecule has 0 fully saturated rings. The Morgan fingerprint density at radius 2 is 2.05 bits per heavy atom. The van der Waals surface area contributed by atoms with Crippen LogP contribution in [0, 0.1) is 11.6 Å². The fourth-order valence-electron chi connectivity index (χ4n) is 1.80. The molecule has 0 saturated carbocycles. The van der Waals surface area contributed by atoms with E-state index in [1.165, 1.54) is 12.1 Å². The first-order valence-corrected chi connectivity index (χ1v) is 6.35. The van der Waals surface area contributed by atoms with Gasteiger partial charge in [-0.3, -0.25) is 4.98 Å². The highest BCUT2D eigenvalue weighted by atomic mass is 32.1. The molecule has 104 valence electrons. The minimum Gasteiger partial charge on any atom is -0.389 e. The summed E-state index contributed by atoms with van der Waals surface area (Å²) in [4.78, 5) is 3.81. The second-order valence-corrected chi connectivity index (χ2v) is 4.75. The van der Waals surface area contributed by atoms with Gasteiger partial charge in [0.2, 0.25) is 0 Å². The highest BCUT2D eigenvalue weighted by Crippen LogP contribution is 2.24. The molecule has 0 aliphatic rings. The summed E-state index contributed by atoms with van der Waals surface area (Å²) >= 11 is 4.66. The van der Waals surface area contributed by atoms with Crippen molar-refractivity contribution in [1.82, 2.24) is 4.98 Å². The predicted octanol–water partition coefficient (Wildman–Crippen LogP) is 3.17. The number of hydrogen-bond donors (Lipinski definition) is 2. The van der Waals surface area contributed by atoms with Crippen LogP contribution in [0.15, 0.2) is 36.7 Å². The van der Waals surface area contributed by atoms with Gasteiger partial charge in [-0.25, -0.2) is 8.78 Å². The van der Waals surface area contributed by atoms with E-state index in [4.69, 9.17) is 5.73 Å². The molecule has 0 amide bonds. The molecule has 0 saturated heterocycles. The van der Waals surface area contributed by atoms with Crippen molar-refractivity contribution < 1.29 is 8.78 Å². The molecular formula is C14H13F2N3S. The highest BCUT2D eigenvalue weighted by Gasteiger charge is 2.16. The van der Waals surface area contributed by atoms with Crippen LogP contribution in [0.4, 0.5) is 14.5 Å². The van der Waals surface area contributed by atoms with Crippen molar-refractivity contribution in [2.75, 3.05) is 5.32 Å². The average Bonchev–Trinajstić information content (AvgIpc) is 2.44. The lowest BCUT2D eigenvalue weighted by Gasteiger charge is -2.16. The minimum absolute atomic E-state index is 0.0545. The molecule has 3 nitrogen and oxygen atoms in total. The molecule has 1 aromatic carbocycles. The summed E-state index contributed by atoms with van der Waals surface area (Å²) in [7, 11) is 0. The van der Waals surface area contributed by atoms with Crippen LogP contribution in [0.5, 0.6) is 0 Å². The zero-order valence-corrected chi connectivity index (χ0v) is 11.5. The van der Waals surface area contributed by atoms with Crippen molar-refractivity contribution in [3.63, 3.8) is 0 Å². The predicted molar refractivity (Wildman–Crippen MR) is 78.5 cm³/mol. The van der Waals surface area contributed by atoms with Crippen LogP contribution in [0.1, 0.15) is 24.1 Å². The lowest BCUT2D eigenvalue weighted by Crippen LogP contribution is -2.15. The standard InChI is InChI=1S/C14H13F2N3S/c1-8(9-3-2-6-18-7-9)19-11-5-4-10(14(17)20)12(15)13(11)16/h2-8,19H,1H3,(H2,17,20). The SMILES string of the molecule is CC(Nc1ccc(C(N)=S)c(F)c1F)c1cccnc1. The van der Waals surface area contributed by atoms with Crippen LogP contribution in [-0.4, -0.2) is 9.97 Å². The van der Waals surface area contributed by atoms with Crippen molar-refractivity contribution in [3.8, 4) is 0 Å². The summed E-state index contributed by atoms with van der Waals surface area (Å²) in [6.07, 6.45) is 3.31. The smallest absolute Gasteiger partial charge is 0.182 e. The number of halogens is 2. The van der Waals surface area contributed by atoms with Crippen molar-refractivity contribution in [2.45, 2.75) is 13.0 Å². The van der Waals surface area contributed by atoms with Crippen LogP contribution in [0.25, 0.3) is 0 Å². The van der Waals surface area contributed by atoms with E-state index in [2.05, 4.69) is 22.5 Å². The largest absolute Gasteiger partial charge is 0.389 e. The molecule has 1 aromatic heterocycles. The number of aromatic nitrogens is 1. The molecule has 6 heteroatoms. The van der Waals surface area contributed by atoms with Gasteiger partial charge in [-0.1, -0.05) is 18.3 Å². The van der Waals surface area contributed by atoms with Gasteiger partial charge in [-0.2, -0.15) is 0 Å². The molecule has 1 heterocycles. The van der Waals surface area contributed by atoms with Gasteiger partial charge in [0.25, 0.3) is 0 Å². The molecule has 1 atom stereocenters. The zero-order chi connectivity index (χ0) is 14.7. The monoisotopic (exact) mass is 293 g/mol. The van der Waals surface area contributed by atoms with Crippen molar-refractivity contribution in [3.05, 3.63) is 59.4 Å². The van der Waals surface area contributed by atoms with Gasteiger partial charge in [-0.15, -0.1) is 0 Å². The number of nitrogens with zero attached hydrogens (tertiary/aromatic N) is 1. The average molecular weight is 293 g/mol. The number of benzene rings is 1. The molecule has 2 aromatic rings. The van der Waals surface area contributed by atoms with Crippen LogP contribution >= 0.6 is 12.2 Å². The number of anilines is 1. The quantitative estimate of drug-likeness (QED) is 0.850. The molecule has 20 heavy (non-hydrogen) atoms. The summed E-state index contributed by atoms with van der Waals surface area (Å²) in [5.41, 5.74) is 6.14. The number of thiocarbonyl (C=S) groups is 1. The van der Waals surface area contributed by atoms with E-state index in [0.29, 0.717) is 0 Å². The van der Waals surface area contributed by atoms with E-state index in [1.54, 1.807) is 18.5 Å². The first kappa shape index (κ1) is 14.3. The van der Waals surface area contributed by atoms with Crippen molar-refractivity contribution >= 4 is 22.9 Å². The fourth-order valence-corrected chi connectivity index (χ4v) is 1.96. The molecule has 1 unspecified atom stereocenters. The van der Waals surface area contributed by atoms with E-state index in [9.17, 15) is 8.78 Å². The summed E-state index contributed by atoms with van der Waals surface area (Å²) in [5, 5.41) is 2.89. The number of hydrogen-bond acceptors (Lipinski definition) is 3. The Labute approximate surface area is 120 Å². The first-order chi connectivity index (χ1) is 9.50. The maximum atomic E-state index is 13.9. The second kappa shape index (κ2) is 5.92. The summed E-state index contributed by atoms with van der Waals surface area (Å²) in [6, 6.07) is 6.19. The van der Waals surface area contributed by atoms with Gasteiger partial charge < -0.3 is 11.1 Å². The van der Waals surface area contributed by atoms with Crippen LogP contribution < -0.4 is 11.1 Å². The Morgan fingerprint density at radius 1 is 1.30 bits per heavy atom. The van der Waals surface area contributed by atoms with Crippen molar-refractivity contribution in [1.29, 1.82) is 0 Å². The van der Waals surface area contributed by atoms with Gasteiger partial charge in [-0.05, 0) is 30.7 Å². The van der Waals surface area contributed by atoms with Gasteiger partial charge in [0.15, 0.2) is 11.6 Å². The van der Waals surface area contributed by atoms with Crippen LogP contribution in [-0.2, 0) is 0 Å². The number of nitrogens with one attached hydrogen (secondary N) is 1. The van der Waals surface area contributed by atoms with Gasteiger partial charge in [0.1, 0.15) is 4.99 Å². The van der Waals surface area contributed by atoms with Crippen LogP contribution in [0.3, 0.4) is 0 Å². The lowest BCUT2D eigenvalue weighted by molar-refractivity contribution is 0.508. The molecule has 0 spiro atoms. The molecule has 0 aliphatic heterocycles. The highest BCUT2D eigenvalue weighted by molar-refractivity contribution is 7.80. The summed E-state index contributed by atoms with van der Waals surface area (Å²) in [5.74, 6) is -2.04. The molecule has 2 rings (SSSR count). The topological polar surface area (TPSA) is 50.9 Å². The van der Waals surface area contributed by atoms with E-state index in [0.717, 1.165) is 5.56 Å². The number of pyridine rings is 1. The Balaban J connectivity index is 2.27. The summed E-state index contributed by atoms with van der Waals surface area (Å²) < 4.78 is 27.7. The third kappa shape index (κ3) is 2.91. The summed E-state index contributed by atoms with van der Waals surface area (Å²) in [6.45, 7) is 1.83. The van der Waals surface area contributed by atoms with E-state index >= 15 is 0 Å².